The third-order valence-corrected chi connectivity index (χ3v) is 4.31. The molecular formula is C19H16ClNO3S. The Morgan fingerprint density at radius 3 is 2.40 bits per heavy atom. The van der Waals surface area contributed by atoms with Crippen LogP contribution in [0.4, 0.5) is 5.69 Å². The minimum atomic E-state index is -1.07. The second-order valence-electron chi connectivity index (χ2n) is 4.95. The van der Waals surface area contributed by atoms with Crippen LogP contribution in [0.5, 0.6) is 0 Å². The SMILES string of the molecule is O=C(CSC(=CC=Cc1ccccc1)C(=O)O)Nc1ccc(Cl)cc1. The van der Waals surface area contributed by atoms with Crippen LogP contribution in [-0.2, 0) is 9.59 Å². The minimum absolute atomic E-state index is 0.0000628. The van der Waals surface area contributed by atoms with Gasteiger partial charge in [-0.2, -0.15) is 0 Å². The van der Waals surface area contributed by atoms with Crippen LogP contribution in [0.1, 0.15) is 5.56 Å². The van der Waals surface area contributed by atoms with Crippen molar-refractivity contribution in [2.75, 3.05) is 11.1 Å². The molecule has 0 saturated heterocycles. The lowest BCUT2D eigenvalue weighted by Gasteiger charge is -2.05. The van der Waals surface area contributed by atoms with Crippen LogP contribution < -0.4 is 5.32 Å². The molecule has 0 saturated carbocycles. The number of nitrogens with one attached hydrogen (secondary N) is 1. The highest BCUT2D eigenvalue weighted by Crippen LogP contribution is 2.18. The average molecular weight is 374 g/mol. The third-order valence-electron chi connectivity index (χ3n) is 3.03. The zero-order valence-electron chi connectivity index (χ0n) is 13.2. The van der Waals surface area contributed by atoms with Crippen molar-refractivity contribution in [3.8, 4) is 0 Å². The standard InChI is InChI=1S/C19H16ClNO3S/c20-15-9-11-16(12-10-15)21-18(22)13-25-17(19(23)24)8-4-7-14-5-2-1-3-6-14/h1-12H,13H2,(H,21,22)(H,23,24). The molecule has 0 bridgehead atoms. The fraction of sp³-hybridized carbons (Fsp3) is 0.0526. The molecule has 25 heavy (non-hydrogen) atoms. The summed E-state index contributed by atoms with van der Waals surface area (Å²) in [6.45, 7) is 0. The van der Waals surface area contributed by atoms with Gasteiger partial charge in [0.2, 0.25) is 5.91 Å². The van der Waals surface area contributed by atoms with Crippen molar-refractivity contribution in [1.82, 2.24) is 0 Å². The van der Waals surface area contributed by atoms with E-state index in [4.69, 9.17) is 11.6 Å². The van der Waals surface area contributed by atoms with E-state index >= 15 is 0 Å². The predicted molar refractivity (Wildman–Crippen MR) is 104 cm³/mol. The van der Waals surface area contributed by atoms with Crippen molar-refractivity contribution in [1.29, 1.82) is 0 Å². The number of carbonyl (C=O) groups excluding carboxylic acids is 1. The molecule has 6 heteroatoms. The molecule has 2 aromatic carbocycles. The Balaban J connectivity index is 1.91. The van der Waals surface area contributed by atoms with E-state index in [1.807, 2.05) is 30.3 Å². The van der Waals surface area contributed by atoms with E-state index in [0.717, 1.165) is 17.3 Å². The zero-order chi connectivity index (χ0) is 18.1. The van der Waals surface area contributed by atoms with Gasteiger partial charge in [-0.05, 0) is 35.9 Å². The van der Waals surface area contributed by atoms with Crippen LogP contribution in [0.3, 0.4) is 0 Å². The van der Waals surface area contributed by atoms with Crippen molar-refractivity contribution >= 4 is 47.0 Å². The molecule has 0 aliphatic carbocycles. The topological polar surface area (TPSA) is 66.4 Å². The molecule has 0 atom stereocenters. The number of thioether (sulfide) groups is 1. The van der Waals surface area contributed by atoms with E-state index < -0.39 is 5.97 Å². The second-order valence-corrected chi connectivity index (χ2v) is 6.40. The van der Waals surface area contributed by atoms with Crippen LogP contribution in [0.25, 0.3) is 6.08 Å². The fourth-order valence-corrected chi connectivity index (χ4v) is 2.65. The van der Waals surface area contributed by atoms with Gasteiger partial charge < -0.3 is 10.4 Å². The Hall–Kier alpha value is -2.50. The third kappa shape index (κ3) is 6.87. The molecule has 0 aromatic heterocycles. The summed E-state index contributed by atoms with van der Waals surface area (Å²) in [4.78, 5) is 23.3. The molecule has 0 fully saturated rings. The molecule has 0 aliphatic heterocycles. The molecular weight excluding hydrogens is 358 g/mol. The molecule has 0 aliphatic rings. The molecule has 2 rings (SSSR count). The van der Waals surface area contributed by atoms with E-state index in [2.05, 4.69) is 5.32 Å². The maximum Gasteiger partial charge on any atom is 0.342 e. The summed E-state index contributed by atoms with van der Waals surface area (Å²) in [6.07, 6.45) is 4.94. The highest BCUT2D eigenvalue weighted by atomic mass is 35.5. The number of halogens is 1. The summed E-state index contributed by atoms with van der Waals surface area (Å²) in [5, 5.41) is 12.5. The van der Waals surface area contributed by atoms with Gasteiger partial charge in [0.05, 0.1) is 10.7 Å². The van der Waals surface area contributed by atoms with Crippen LogP contribution >= 0.6 is 23.4 Å². The van der Waals surface area contributed by atoms with Crippen LogP contribution in [0.2, 0.25) is 5.02 Å². The summed E-state index contributed by atoms with van der Waals surface area (Å²) in [7, 11) is 0. The number of aliphatic carboxylic acids is 1. The summed E-state index contributed by atoms with van der Waals surface area (Å²) in [5.74, 6) is -1.35. The number of allylic oxidation sites excluding steroid dienone is 2. The lowest BCUT2D eigenvalue weighted by molar-refractivity contribution is -0.131. The Morgan fingerprint density at radius 2 is 1.76 bits per heavy atom. The largest absolute Gasteiger partial charge is 0.477 e. The van der Waals surface area contributed by atoms with E-state index in [1.54, 1.807) is 36.4 Å². The quantitative estimate of drug-likeness (QED) is 0.545. The molecule has 0 radical (unpaired) electrons. The van der Waals surface area contributed by atoms with Gasteiger partial charge in [0, 0.05) is 10.7 Å². The van der Waals surface area contributed by atoms with Gasteiger partial charge in [0.15, 0.2) is 0 Å². The molecule has 2 aromatic rings. The van der Waals surface area contributed by atoms with Crippen molar-refractivity contribution in [2.24, 2.45) is 0 Å². The highest BCUT2D eigenvalue weighted by molar-refractivity contribution is 8.04. The van der Waals surface area contributed by atoms with Crippen LogP contribution in [0, 0.1) is 0 Å². The molecule has 128 valence electrons. The monoisotopic (exact) mass is 373 g/mol. The number of amides is 1. The molecule has 1 amide bonds. The Morgan fingerprint density at radius 1 is 1.08 bits per heavy atom. The first kappa shape index (κ1) is 18.8. The second kappa shape index (κ2) is 9.71. The fourth-order valence-electron chi connectivity index (χ4n) is 1.87. The van der Waals surface area contributed by atoms with E-state index in [1.165, 1.54) is 6.08 Å². The summed E-state index contributed by atoms with van der Waals surface area (Å²) in [5.41, 5.74) is 1.58. The van der Waals surface area contributed by atoms with E-state index in [9.17, 15) is 14.7 Å². The molecule has 0 unspecified atom stereocenters. The number of carbonyl (C=O) groups is 2. The molecule has 0 spiro atoms. The van der Waals surface area contributed by atoms with Gasteiger partial charge >= 0.3 is 5.97 Å². The number of carboxylic acid groups (broad SMARTS) is 1. The molecule has 2 N–H and O–H groups in total. The number of carboxylic acids is 1. The zero-order valence-corrected chi connectivity index (χ0v) is 14.8. The van der Waals surface area contributed by atoms with Crippen molar-refractivity contribution in [2.45, 2.75) is 0 Å². The van der Waals surface area contributed by atoms with Gasteiger partial charge in [-0.15, -0.1) is 11.8 Å². The van der Waals surface area contributed by atoms with Gasteiger partial charge in [-0.1, -0.05) is 54.1 Å². The summed E-state index contributed by atoms with van der Waals surface area (Å²) < 4.78 is 0. The lowest BCUT2D eigenvalue weighted by Crippen LogP contribution is -2.14. The first-order chi connectivity index (χ1) is 12.0. The summed E-state index contributed by atoms with van der Waals surface area (Å²) in [6, 6.07) is 16.2. The first-order valence-corrected chi connectivity index (χ1v) is 8.76. The van der Waals surface area contributed by atoms with E-state index in [0.29, 0.717) is 10.7 Å². The van der Waals surface area contributed by atoms with Gasteiger partial charge in [-0.3, -0.25) is 4.79 Å². The van der Waals surface area contributed by atoms with Gasteiger partial charge in [0.1, 0.15) is 0 Å². The smallest absolute Gasteiger partial charge is 0.342 e. The van der Waals surface area contributed by atoms with Crippen molar-refractivity contribution < 1.29 is 14.7 Å². The summed E-state index contributed by atoms with van der Waals surface area (Å²) >= 11 is 6.75. The van der Waals surface area contributed by atoms with Gasteiger partial charge in [-0.25, -0.2) is 4.79 Å². The van der Waals surface area contributed by atoms with Crippen molar-refractivity contribution in [3.05, 3.63) is 82.2 Å². The number of anilines is 1. The molecule has 4 nitrogen and oxygen atoms in total. The van der Waals surface area contributed by atoms with E-state index in [-0.39, 0.29) is 16.6 Å². The maximum atomic E-state index is 11.9. The predicted octanol–water partition coefficient (Wildman–Crippen LogP) is 4.69. The number of benzene rings is 2. The van der Waals surface area contributed by atoms with Crippen molar-refractivity contribution in [3.63, 3.8) is 0 Å². The Labute approximate surface area is 155 Å². The average Bonchev–Trinajstić information content (AvgIpc) is 2.60. The van der Waals surface area contributed by atoms with Crippen LogP contribution in [0.15, 0.2) is 71.7 Å². The normalized spacial score (nSPS) is 11.5. The Kier molecular flexibility index (Phi) is 7.32. The Bertz CT molecular complexity index is 786. The molecule has 0 heterocycles. The minimum Gasteiger partial charge on any atom is -0.477 e. The number of rotatable bonds is 7. The number of hydrogen-bond acceptors (Lipinski definition) is 3. The highest BCUT2D eigenvalue weighted by Gasteiger charge is 2.10. The van der Waals surface area contributed by atoms with Gasteiger partial charge in [0.25, 0.3) is 0 Å². The maximum absolute atomic E-state index is 11.9. The lowest BCUT2D eigenvalue weighted by atomic mass is 10.2. The first-order valence-electron chi connectivity index (χ1n) is 7.39. The number of hydrogen-bond donors (Lipinski definition) is 2. The van der Waals surface area contributed by atoms with Crippen LogP contribution in [-0.4, -0.2) is 22.7 Å².